The van der Waals surface area contributed by atoms with Gasteiger partial charge in [-0.1, -0.05) is 19.1 Å². The lowest BCUT2D eigenvalue weighted by atomic mass is 10.0. The highest BCUT2D eigenvalue weighted by atomic mass is 16.2. The van der Waals surface area contributed by atoms with Gasteiger partial charge in [0.1, 0.15) is 5.82 Å². The quantitative estimate of drug-likeness (QED) is 0.756. The summed E-state index contributed by atoms with van der Waals surface area (Å²) in [5, 5.41) is 7.45. The molecule has 7 heteroatoms. The molecule has 3 heterocycles. The Labute approximate surface area is 152 Å². The van der Waals surface area contributed by atoms with Crippen molar-refractivity contribution in [1.82, 2.24) is 24.6 Å². The maximum absolute atomic E-state index is 13.0. The van der Waals surface area contributed by atoms with Crippen LogP contribution in [-0.2, 0) is 13.5 Å². The molecule has 4 rings (SSSR count). The lowest BCUT2D eigenvalue weighted by Gasteiger charge is -2.34. The number of carbonyl (C=O) groups is 1. The number of nitrogens with zero attached hydrogens (tertiary/aromatic N) is 4. The van der Waals surface area contributed by atoms with E-state index in [1.54, 1.807) is 4.68 Å². The monoisotopic (exact) mass is 352 g/mol. The molecule has 0 spiro atoms. The Morgan fingerprint density at radius 2 is 2.19 bits per heavy atom. The van der Waals surface area contributed by atoms with Gasteiger partial charge in [-0.15, -0.1) is 0 Å². The van der Waals surface area contributed by atoms with E-state index in [1.165, 1.54) is 0 Å². The van der Waals surface area contributed by atoms with Gasteiger partial charge >= 0.3 is 6.03 Å². The summed E-state index contributed by atoms with van der Waals surface area (Å²) < 4.78 is 1.74. The van der Waals surface area contributed by atoms with Crippen LogP contribution in [0, 0.1) is 0 Å². The van der Waals surface area contributed by atoms with Gasteiger partial charge in [0.15, 0.2) is 0 Å². The van der Waals surface area contributed by atoms with Crippen molar-refractivity contribution in [1.29, 1.82) is 0 Å². The molecule has 1 fully saturated rings. The Hall–Kier alpha value is -2.83. The smallest absolute Gasteiger partial charge is 0.322 e. The summed E-state index contributed by atoms with van der Waals surface area (Å²) in [5.41, 5.74) is 3.63. The Bertz CT molecular complexity index is 894. The van der Waals surface area contributed by atoms with Crippen molar-refractivity contribution in [3.63, 3.8) is 0 Å². The fourth-order valence-corrected chi connectivity index (χ4v) is 3.68. The van der Waals surface area contributed by atoms with Gasteiger partial charge in [0, 0.05) is 19.8 Å². The number of likely N-dealkylation sites (tertiary alicyclic amines) is 1. The molecule has 3 aromatic rings. The van der Waals surface area contributed by atoms with Crippen molar-refractivity contribution in [3.05, 3.63) is 42.0 Å². The number of nitrogens with one attached hydrogen (secondary N) is 2. The Kier molecular flexibility index (Phi) is 4.36. The van der Waals surface area contributed by atoms with Crippen molar-refractivity contribution in [2.45, 2.75) is 38.6 Å². The predicted octanol–water partition coefficient (Wildman–Crippen LogP) is 3.62. The first-order valence-electron chi connectivity index (χ1n) is 9.20. The number of aryl methyl sites for hydroxylation is 2. The zero-order valence-electron chi connectivity index (χ0n) is 15.2. The first kappa shape index (κ1) is 16.6. The lowest BCUT2D eigenvalue weighted by Crippen LogP contribution is -2.41. The van der Waals surface area contributed by atoms with Crippen LogP contribution in [0.5, 0.6) is 0 Å². The Morgan fingerprint density at radius 3 is 3.00 bits per heavy atom. The van der Waals surface area contributed by atoms with Crippen molar-refractivity contribution >= 4 is 22.8 Å². The number of aromatic nitrogens is 4. The average molecular weight is 352 g/mol. The fourth-order valence-electron chi connectivity index (χ4n) is 3.68. The third-order valence-electron chi connectivity index (χ3n) is 4.97. The Balaban J connectivity index is 1.59. The second-order valence-corrected chi connectivity index (χ2v) is 6.79. The number of H-pyrrole nitrogens is 1. The standard InChI is InChI=1S/C19H24N6O/c1-3-13-16(12-24(2)23-13)22-19(26)25-11-7-6-10-17(25)18-20-14-8-4-5-9-15(14)21-18/h4-5,8-9,12,17H,3,6-7,10-11H2,1-2H3,(H,20,21)(H,22,26). The van der Waals surface area contributed by atoms with Crippen LogP contribution in [0.1, 0.15) is 43.7 Å². The number of fused-ring (bicyclic) bond motifs is 1. The molecule has 2 aromatic heterocycles. The zero-order valence-corrected chi connectivity index (χ0v) is 15.2. The molecule has 136 valence electrons. The highest BCUT2D eigenvalue weighted by Gasteiger charge is 2.30. The second-order valence-electron chi connectivity index (χ2n) is 6.79. The molecule has 1 atom stereocenters. The number of aromatic amines is 1. The molecule has 1 aliphatic rings. The summed E-state index contributed by atoms with van der Waals surface area (Å²) in [6.07, 6.45) is 5.66. The van der Waals surface area contributed by atoms with E-state index in [0.29, 0.717) is 0 Å². The molecule has 2 N–H and O–H groups in total. The van der Waals surface area contributed by atoms with E-state index < -0.39 is 0 Å². The Morgan fingerprint density at radius 1 is 1.35 bits per heavy atom. The number of hydrogen-bond donors (Lipinski definition) is 2. The molecular weight excluding hydrogens is 328 g/mol. The van der Waals surface area contributed by atoms with Crippen LogP contribution in [0.15, 0.2) is 30.5 Å². The molecule has 0 aliphatic carbocycles. The van der Waals surface area contributed by atoms with E-state index in [4.69, 9.17) is 4.98 Å². The van der Waals surface area contributed by atoms with E-state index >= 15 is 0 Å². The maximum Gasteiger partial charge on any atom is 0.322 e. The molecule has 1 unspecified atom stereocenters. The normalized spacial score (nSPS) is 17.6. The number of imidazole rings is 1. The minimum atomic E-state index is -0.0853. The van der Waals surface area contributed by atoms with Gasteiger partial charge in [-0.3, -0.25) is 4.68 Å². The third-order valence-corrected chi connectivity index (χ3v) is 4.97. The number of benzene rings is 1. The molecule has 1 aliphatic heterocycles. The third kappa shape index (κ3) is 3.05. The van der Waals surface area contributed by atoms with Gasteiger partial charge in [-0.25, -0.2) is 9.78 Å². The molecule has 2 amide bonds. The van der Waals surface area contributed by atoms with Crippen LogP contribution in [-0.4, -0.2) is 37.2 Å². The van der Waals surface area contributed by atoms with Gasteiger partial charge in [0.25, 0.3) is 0 Å². The van der Waals surface area contributed by atoms with Gasteiger partial charge in [0.2, 0.25) is 0 Å². The van der Waals surface area contributed by atoms with Crippen molar-refractivity contribution < 1.29 is 4.79 Å². The molecule has 1 aromatic carbocycles. The van der Waals surface area contributed by atoms with E-state index in [1.807, 2.05) is 49.3 Å². The van der Waals surface area contributed by atoms with Gasteiger partial charge in [-0.05, 0) is 37.8 Å². The number of carbonyl (C=O) groups excluding carboxylic acids is 1. The van der Waals surface area contributed by atoms with Crippen molar-refractivity contribution in [2.75, 3.05) is 11.9 Å². The number of piperidine rings is 1. The molecule has 0 radical (unpaired) electrons. The number of anilines is 1. The van der Waals surface area contributed by atoms with Crippen LogP contribution in [0.25, 0.3) is 11.0 Å². The number of para-hydroxylation sites is 2. The second kappa shape index (κ2) is 6.82. The van der Waals surface area contributed by atoms with Crippen LogP contribution in [0.4, 0.5) is 10.5 Å². The zero-order chi connectivity index (χ0) is 18.1. The van der Waals surface area contributed by atoms with Crippen molar-refractivity contribution in [2.24, 2.45) is 7.05 Å². The predicted molar refractivity (Wildman–Crippen MR) is 101 cm³/mol. The first-order chi connectivity index (χ1) is 12.7. The number of amides is 2. The van der Waals surface area contributed by atoms with E-state index in [0.717, 1.165) is 60.5 Å². The maximum atomic E-state index is 13.0. The van der Waals surface area contributed by atoms with Gasteiger partial charge < -0.3 is 15.2 Å². The van der Waals surface area contributed by atoms with Crippen LogP contribution >= 0.6 is 0 Å². The van der Waals surface area contributed by atoms with Crippen LogP contribution in [0.2, 0.25) is 0 Å². The molecule has 1 saturated heterocycles. The minimum absolute atomic E-state index is 0.0297. The van der Waals surface area contributed by atoms with E-state index in [-0.39, 0.29) is 12.1 Å². The molecular formula is C19H24N6O. The summed E-state index contributed by atoms with van der Waals surface area (Å²) >= 11 is 0. The minimum Gasteiger partial charge on any atom is -0.340 e. The van der Waals surface area contributed by atoms with Gasteiger partial charge in [0.05, 0.1) is 28.5 Å². The largest absolute Gasteiger partial charge is 0.340 e. The SMILES string of the molecule is CCc1nn(C)cc1NC(=O)N1CCCCC1c1nc2ccccc2[nH]1. The lowest BCUT2D eigenvalue weighted by molar-refractivity contribution is 0.160. The topological polar surface area (TPSA) is 78.8 Å². The molecule has 0 bridgehead atoms. The van der Waals surface area contributed by atoms with E-state index in [2.05, 4.69) is 15.4 Å². The van der Waals surface area contributed by atoms with E-state index in [9.17, 15) is 4.79 Å². The number of rotatable bonds is 3. The van der Waals surface area contributed by atoms with Crippen molar-refractivity contribution in [3.8, 4) is 0 Å². The van der Waals surface area contributed by atoms with Crippen LogP contribution in [0.3, 0.4) is 0 Å². The average Bonchev–Trinajstić information content (AvgIpc) is 3.24. The number of hydrogen-bond acceptors (Lipinski definition) is 3. The summed E-state index contributed by atoms with van der Waals surface area (Å²) in [7, 11) is 1.87. The highest BCUT2D eigenvalue weighted by molar-refractivity contribution is 5.90. The van der Waals surface area contributed by atoms with Crippen LogP contribution < -0.4 is 5.32 Å². The molecule has 7 nitrogen and oxygen atoms in total. The highest BCUT2D eigenvalue weighted by Crippen LogP contribution is 2.31. The summed E-state index contributed by atoms with van der Waals surface area (Å²) in [6.45, 7) is 2.77. The molecule has 0 saturated carbocycles. The van der Waals surface area contributed by atoms with Gasteiger partial charge in [-0.2, -0.15) is 5.10 Å². The summed E-state index contributed by atoms with van der Waals surface area (Å²) in [4.78, 5) is 23.0. The fraction of sp³-hybridized carbons (Fsp3) is 0.421. The summed E-state index contributed by atoms with van der Waals surface area (Å²) in [6, 6.07) is 7.86. The molecule has 26 heavy (non-hydrogen) atoms. The first-order valence-corrected chi connectivity index (χ1v) is 9.20. The number of urea groups is 1. The summed E-state index contributed by atoms with van der Waals surface area (Å²) in [5.74, 6) is 0.864.